The summed E-state index contributed by atoms with van der Waals surface area (Å²) < 4.78 is 5.52. The number of aromatic amines is 1. The highest BCUT2D eigenvalue weighted by Crippen LogP contribution is 2.39. The molecule has 0 bridgehead atoms. The topological polar surface area (TPSA) is 138 Å². The van der Waals surface area contributed by atoms with Crippen LogP contribution in [0.15, 0.2) is 44.5 Å². The number of carbonyl (C=O) groups is 1. The molecule has 1 aromatic carbocycles. The number of carbonyl (C=O) groups excluding carboxylic acids is 1. The molecule has 2 aromatic heterocycles. The second-order valence-corrected chi connectivity index (χ2v) is 6.41. The predicted molar refractivity (Wildman–Crippen MR) is 101 cm³/mol. The van der Waals surface area contributed by atoms with E-state index in [0.29, 0.717) is 28.3 Å². The first kappa shape index (κ1) is 17.0. The molecule has 0 spiro atoms. The van der Waals surface area contributed by atoms with Crippen LogP contribution in [0.4, 0.5) is 11.7 Å². The molecule has 9 heteroatoms. The molecule has 0 atom stereocenters. The zero-order valence-corrected chi connectivity index (χ0v) is 14.4. The van der Waals surface area contributed by atoms with E-state index in [1.165, 1.54) is 12.4 Å². The minimum absolute atomic E-state index is 0.123. The maximum absolute atomic E-state index is 12.3. The van der Waals surface area contributed by atoms with Crippen LogP contribution in [0.5, 0.6) is 0 Å². The van der Waals surface area contributed by atoms with E-state index in [4.69, 9.17) is 10.3 Å². The van der Waals surface area contributed by atoms with Crippen LogP contribution in [0.2, 0.25) is 0 Å². The van der Waals surface area contributed by atoms with Gasteiger partial charge in [0.05, 0.1) is 11.8 Å². The summed E-state index contributed by atoms with van der Waals surface area (Å²) in [5.41, 5.74) is 4.13. The molecule has 0 saturated heterocycles. The van der Waals surface area contributed by atoms with Crippen LogP contribution >= 0.6 is 0 Å². The molecule has 27 heavy (non-hydrogen) atoms. The molecule has 0 aliphatic heterocycles. The van der Waals surface area contributed by atoms with E-state index in [1.54, 1.807) is 18.2 Å². The third kappa shape index (κ3) is 3.87. The lowest BCUT2D eigenvalue weighted by Crippen LogP contribution is -2.18. The van der Waals surface area contributed by atoms with Crippen molar-refractivity contribution in [3.05, 3.63) is 51.8 Å². The summed E-state index contributed by atoms with van der Waals surface area (Å²) in [5, 5.41) is 10.2. The normalized spacial score (nSPS) is 14.0. The number of benzene rings is 1. The maximum Gasteiger partial charge on any atom is 0.229 e. The van der Waals surface area contributed by atoms with Gasteiger partial charge >= 0.3 is 0 Å². The number of nitrogens with two attached hydrogens (primary N) is 1. The summed E-state index contributed by atoms with van der Waals surface area (Å²) in [7, 11) is 0. The summed E-state index contributed by atoms with van der Waals surface area (Å²) >= 11 is 0. The first-order valence-electron chi connectivity index (χ1n) is 8.53. The first-order valence-corrected chi connectivity index (χ1v) is 8.53. The number of nitrogens with zero attached hydrogens (tertiary/aromatic N) is 2. The van der Waals surface area contributed by atoms with E-state index in [-0.39, 0.29) is 23.6 Å². The van der Waals surface area contributed by atoms with Crippen molar-refractivity contribution in [3.8, 4) is 0 Å². The number of nitrogens with one attached hydrogen (secondary N) is 3. The van der Waals surface area contributed by atoms with Gasteiger partial charge in [0.15, 0.2) is 11.2 Å². The summed E-state index contributed by atoms with van der Waals surface area (Å²) in [6.45, 7) is 0. The van der Waals surface area contributed by atoms with Gasteiger partial charge in [-0.25, -0.2) is 10.8 Å². The van der Waals surface area contributed by atoms with Gasteiger partial charge in [-0.15, -0.1) is 0 Å². The molecule has 5 N–H and O–H groups in total. The van der Waals surface area contributed by atoms with Crippen LogP contribution in [-0.2, 0) is 11.2 Å². The number of amides is 1. The lowest BCUT2D eigenvalue weighted by Gasteiger charge is -2.04. The summed E-state index contributed by atoms with van der Waals surface area (Å²) in [6, 6.07) is 8.16. The molecule has 9 nitrogen and oxygen atoms in total. The van der Waals surface area contributed by atoms with Crippen molar-refractivity contribution in [1.29, 1.82) is 0 Å². The van der Waals surface area contributed by atoms with Crippen LogP contribution in [0.3, 0.4) is 0 Å². The molecule has 1 amide bonds. The second kappa shape index (κ2) is 7.04. The van der Waals surface area contributed by atoms with Gasteiger partial charge in [-0.2, -0.15) is 5.10 Å². The summed E-state index contributed by atoms with van der Waals surface area (Å²) in [4.78, 5) is 28.4. The van der Waals surface area contributed by atoms with E-state index in [0.717, 1.165) is 18.5 Å². The van der Waals surface area contributed by atoms with Crippen molar-refractivity contribution >= 4 is 34.9 Å². The van der Waals surface area contributed by atoms with Gasteiger partial charge in [-0.3, -0.25) is 14.7 Å². The number of hydrogen-bond acceptors (Lipinski definition) is 6. The Morgan fingerprint density at radius 3 is 3.00 bits per heavy atom. The predicted octanol–water partition coefficient (Wildman–Crippen LogP) is 1.70. The zero-order chi connectivity index (χ0) is 18.8. The van der Waals surface area contributed by atoms with Crippen LogP contribution in [-0.4, -0.2) is 22.4 Å². The Kier molecular flexibility index (Phi) is 4.43. The molecule has 0 unspecified atom stereocenters. The second-order valence-electron chi connectivity index (χ2n) is 6.41. The lowest BCUT2D eigenvalue weighted by molar-refractivity contribution is -0.115. The van der Waals surface area contributed by atoms with E-state index in [1.807, 2.05) is 6.07 Å². The minimum Gasteiger partial charge on any atom is -0.438 e. The molecular formula is C18H18N6O3. The number of H-pyrrole nitrogens is 1. The minimum atomic E-state index is -0.246. The van der Waals surface area contributed by atoms with Crippen LogP contribution in [0, 0.1) is 0 Å². The van der Waals surface area contributed by atoms with E-state index < -0.39 is 0 Å². The quantitative estimate of drug-likeness (QED) is 0.227. The number of anilines is 1. The zero-order valence-electron chi connectivity index (χ0n) is 14.4. The van der Waals surface area contributed by atoms with Gasteiger partial charge in [0.1, 0.15) is 11.9 Å². The molecule has 1 aliphatic rings. The Morgan fingerprint density at radius 1 is 1.37 bits per heavy atom. The number of fused-ring (bicyclic) bond motifs is 1. The van der Waals surface area contributed by atoms with Crippen molar-refractivity contribution in [3.63, 3.8) is 0 Å². The third-order valence-corrected chi connectivity index (χ3v) is 4.29. The Morgan fingerprint density at radius 2 is 2.22 bits per heavy atom. The largest absolute Gasteiger partial charge is 0.438 e. The standard InChI is InChI=1S/C18H18N6O3/c19-21-9-20-18-8-14(25)12-5-10(1-4-15(12)27-18)6-17(26)22-16-7-13(23-24-16)11-2-3-11/h1,4-5,7-9,11H,2-3,6,19H2,(H,20,21)(H2,22,23,24,26). The fourth-order valence-corrected chi connectivity index (χ4v) is 2.84. The molecule has 0 radical (unpaired) electrons. The van der Waals surface area contributed by atoms with Crippen LogP contribution < -0.4 is 22.0 Å². The number of rotatable bonds is 6. The van der Waals surface area contributed by atoms with E-state index in [2.05, 4.69) is 25.9 Å². The molecule has 1 saturated carbocycles. The molecule has 1 fully saturated rings. The van der Waals surface area contributed by atoms with Gasteiger partial charge in [-0.1, -0.05) is 6.07 Å². The molecule has 4 rings (SSSR count). The number of hydrazine groups is 1. The monoisotopic (exact) mass is 366 g/mol. The van der Waals surface area contributed by atoms with Crippen molar-refractivity contribution in [1.82, 2.24) is 15.6 Å². The van der Waals surface area contributed by atoms with E-state index in [9.17, 15) is 9.59 Å². The number of aliphatic imine (C=N–C) groups is 1. The fourth-order valence-electron chi connectivity index (χ4n) is 2.84. The van der Waals surface area contributed by atoms with Crippen molar-refractivity contribution in [2.24, 2.45) is 10.8 Å². The van der Waals surface area contributed by atoms with Crippen LogP contribution in [0.1, 0.15) is 30.0 Å². The van der Waals surface area contributed by atoms with Gasteiger partial charge in [0, 0.05) is 23.7 Å². The van der Waals surface area contributed by atoms with Crippen LogP contribution in [0.25, 0.3) is 11.0 Å². The highest BCUT2D eigenvalue weighted by atomic mass is 16.3. The Labute approximate surface area is 153 Å². The van der Waals surface area contributed by atoms with Gasteiger partial charge < -0.3 is 15.2 Å². The molecule has 2 heterocycles. The van der Waals surface area contributed by atoms with Gasteiger partial charge in [0.2, 0.25) is 11.8 Å². The highest BCUT2D eigenvalue weighted by Gasteiger charge is 2.25. The number of hydrogen-bond donors (Lipinski definition) is 4. The van der Waals surface area contributed by atoms with E-state index >= 15 is 0 Å². The van der Waals surface area contributed by atoms with Crippen molar-refractivity contribution in [2.45, 2.75) is 25.2 Å². The highest BCUT2D eigenvalue weighted by molar-refractivity contribution is 5.92. The SMILES string of the molecule is NNC=Nc1cc(=O)c2cc(CC(=O)Nc3cc(C4CC4)[nH]n3)ccc2o1. The Balaban J connectivity index is 1.49. The number of aromatic nitrogens is 2. The first-order chi connectivity index (χ1) is 13.1. The Bertz CT molecular complexity index is 1080. The van der Waals surface area contributed by atoms with Crippen molar-refractivity contribution in [2.75, 3.05) is 5.32 Å². The fraction of sp³-hybridized carbons (Fsp3) is 0.222. The maximum atomic E-state index is 12.3. The molecule has 1 aliphatic carbocycles. The summed E-state index contributed by atoms with van der Waals surface area (Å²) in [5.74, 6) is 6.09. The molecular weight excluding hydrogens is 348 g/mol. The average Bonchev–Trinajstić information content (AvgIpc) is 3.40. The smallest absolute Gasteiger partial charge is 0.229 e. The molecule has 3 aromatic rings. The summed E-state index contributed by atoms with van der Waals surface area (Å²) in [6.07, 6.45) is 3.65. The molecule has 138 valence electrons. The average molecular weight is 366 g/mol. The Hall–Kier alpha value is -3.46. The third-order valence-electron chi connectivity index (χ3n) is 4.29. The van der Waals surface area contributed by atoms with Crippen molar-refractivity contribution < 1.29 is 9.21 Å². The van der Waals surface area contributed by atoms with Gasteiger partial charge in [-0.05, 0) is 30.5 Å². The lowest BCUT2D eigenvalue weighted by atomic mass is 10.1. The van der Waals surface area contributed by atoms with Gasteiger partial charge in [0.25, 0.3) is 0 Å².